The minimum Gasteiger partial charge on any atom is -0.506 e. The molecule has 3 rings (SSSR count). The van der Waals surface area contributed by atoms with Gasteiger partial charge in [0.1, 0.15) is 11.3 Å². The van der Waals surface area contributed by atoms with E-state index < -0.39 is 18.5 Å². The third-order valence-electron chi connectivity index (χ3n) is 4.11. The van der Waals surface area contributed by atoms with E-state index in [0.29, 0.717) is 11.1 Å². The van der Waals surface area contributed by atoms with Crippen molar-refractivity contribution in [3.05, 3.63) is 71.3 Å². The van der Waals surface area contributed by atoms with E-state index in [1.54, 1.807) is 24.3 Å². The van der Waals surface area contributed by atoms with Gasteiger partial charge in [-0.05, 0) is 36.9 Å². The van der Waals surface area contributed by atoms with Gasteiger partial charge in [-0.1, -0.05) is 48.0 Å². The molecule has 26 heavy (non-hydrogen) atoms. The van der Waals surface area contributed by atoms with E-state index in [1.165, 1.54) is 6.07 Å². The molecule has 132 valence electrons. The summed E-state index contributed by atoms with van der Waals surface area (Å²) in [5, 5.41) is 14.4. The average Bonchev–Trinajstić information content (AvgIpc) is 2.62. The third-order valence-corrected chi connectivity index (χ3v) is 4.11. The minimum absolute atomic E-state index is 0.0306. The molecule has 0 unspecified atom stereocenters. The second-order valence-electron chi connectivity index (χ2n) is 6.13. The van der Waals surface area contributed by atoms with Gasteiger partial charge in [-0.25, -0.2) is 4.79 Å². The Kier molecular flexibility index (Phi) is 4.89. The van der Waals surface area contributed by atoms with Gasteiger partial charge >= 0.3 is 5.97 Å². The van der Waals surface area contributed by atoms with Gasteiger partial charge in [0.25, 0.3) is 5.91 Å². The molecule has 0 radical (unpaired) electrons. The number of aromatic hydroxyl groups is 1. The molecule has 2 N–H and O–H groups in total. The fourth-order valence-corrected chi connectivity index (χ4v) is 2.77. The summed E-state index contributed by atoms with van der Waals surface area (Å²) < 4.78 is 5.04. The Bertz CT molecular complexity index is 994. The number of esters is 1. The van der Waals surface area contributed by atoms with Crippen molar-refractivity contribution in [2.75, 3.05) is 11.9 Å². The Morgan fingerprint density at radius 1 is 1.04 bits per heavy atom. The lowest BCUT2D eigenvalue weighted by Crippen LogP contribution is -2.21. The standard InChI is InChI=1S/C21H19NO4/c1-13-7-10-18(14(2)11-13)22-19(23)12-26-21(25)17-9-8-15-5-3-4-6-16(15)20(17)24/h3-11,24H,12H2,1-2H3,(H,22,23). The molecular formula is C21H19NO4. The van der Waals surface area contributed by atoms with Crippen molar-refractivity contribution in [2.24, 2.45) is 0 Å². The molecule has 0 aliphatic heterocycles. The number of ether oxygens (including phenoxy) is 1. The summed E-state index contributed by atoms with van der Waals surface area (Å²) in [6, 6.07) is 16.0. The zero-order chi connectivity index (χ0) is 18.7. The molecule has 0 bridgehead atoms. The quantitative estimate of drug-likeness (QED) is 0.699. The number of aryl methyl sites for hydroxylation is 2. The van der Waals surface area contributed by atoms with Gasteiger partial charge in [-0.2, -0.15) is 0 Å². The zero-order valence-electron chi connectivity index (χ0n) is 14.6. The van der Waals surface area contributed by atoms with Crippen LogP contribution in [0, 0.1) is 13.8 Å². The first-order valence-electron chi connectivity index (χ1n) is 8.20. The maximum atomic E-state index is 12.2. The van der Waals surface area contributed by atoms with Crippen molar-refractivity contribution in [1.29, 1.82) is 0 Å². The van der Waals surface area contributed by atoms with Crippen molar-refractivity contribution in [1.82, 2.24) is 0 Å². The summed E-state index contributed by atoms with van der Waals surface area (Å²) in [6.07, 6.45) is 0. The van der Waals surface area contributed by atoms with Gasteiger partial charge < -0.3 is 15.2 Å². The van der Waals surface area contributed by atoms with Crippen LogP contribution >= 0.6 is 0 Å². The molecular weight excluding hydrogens is 330 g/mol. The number of anilines is 1. The van der Waals surface area contributed by atoms with E-state index in [4.69, 9.17) is 4.74 Å². The zero-order valence-corrected chi connectivity index (χ0v) is 14.6. The number of phenolic OH excluding ortho intramolecular Hbond substituents is 1. The number of phenols is 1. The van der Waals surface area contributed by atoms with Crippen molar-refractivity contribution in [3.63, 3.8) is 0 Å². The van der Waals surface area contributed by atoms with Crippen LogP contribution in [0.5, 0.6) is 5.75 Å². The highest BCUT2D eigenvalue weighted by Crippen LogP contribution is 2.29. The van der Waals surface area contributed by atoms with Gasteiger partial charge in [0.15, 0.2) is 6.61 Å². The second-order valence-corrected chi connectivity index (χ2v) is 6.13. The van der Waals surface area contributed by atoms with Crippen LogP contribution in [0.2, 0.25) is 0 Å². The van der Waals surface area contributed by atoms with E-state index in [9.17, 15) is 14.7 Å². The summed E-state index contributed by atoms with van der Waals surface area (Å²) in [7, 11) is 0. The molecule has 3 aromatic carbocycles. The number of hydrogen-bond acceptors (Lipinski definition) is 4. The maximum absolute atomic E-state index is 12.2. The Balaban J connectivity index is 1.67. The lowest BCUT2D eigenvalue weighted by molar-refractivity contribution is -0.119. The number of rotatable bonds is 4. The topological polar surface area (TPSA) is 75.6 Å². The molecule has 1 amide bonds. The molecule has 0 atom stereocenters. The van der Waals surface area contributed by atoms with E-state index in [1.807, 2.05) is 38.1 Å². The molecule has 5 nitrogen and oxygen atoms in total. The van der Waals surface area contributed by atoms with E-state index in [2.05, 4.69) is 5.32 Å². The van der Waals surface area contributed by atoms with Crippen molar-refractivity contribution in [2.45, 2.75) is 13.8 Å². The first-order valence-corrected chi connectivity index (χ1v) is 8.20. The second kappa shape index (κ2) is 7.27. The molecule has 0 aromatic heterocycles. The van der Waals surface area contributed by atoms with Crippen LogP contribution in [-0.4, -0.2) is 23.6 Å². The molecule has 5 heteroatoms. The number of benzene rings is 3. The summed E-state index contributed by atoms with van der Waals surface area (Å²) in [6.45, 7) is 3.43. The average molecular weight is 349 g/mol. The van der Waals surface area contributed by atoms with Crippen LogP contribution in [0.3, 0.4) is 0 Å². The number of nitrogens with one attached hydrogen (secondary N) is 1. The highest BCUT2D eigenvalue weighted by atomic mass is 16.5. The lowest BCUT2D eigenvalue weighted by Gasteiger charge is -2.10. The highest BCUT2D eigenvalue weighted by molar-refractivity contribution is 6.02. The molecule has 0 aliphatic rings. The summed E-state index contributed by atoms with van der Waals surface area (Å²) >= 11 is 0. The molecule has 3 aromatic rings. The Labute approximate surface area is 151 Å². The Morgan fingerprint density at radius 3 is 2.58 bits per heavy atom. The van der Waals surface area contributed by atoms with Gasteiger partial charge in [-0.3, -0.25) is 4.79 Å². The van der Waals surface area contributed by atoms with Crippen LogP contribution in [0.4, 0.5) is 5.69 Å². The molecule has 0 aliphatic carbocycles. The van der Waals surface area contributed by atoms with Crippen molar-refractivity contribution in [3.8, 4) is 5.75 Å². The molecule has 0 saturated heterocycles. The predicted molar refractivity (Wildman–Crippen MR) is 100 cm³/mol. The van der Waals surface area contributed by atoms with Gasteiger partial charge in [-0.15, -0.1) is 0 Å². The molecule has 0 heterocycles. The number of carbonyl (C=O) groups excluding carboxylic acids is 2. The molecule has 0 saturated carbocycles. The normalized spacial score (nSPS) is 10.5. The van der Waals surface area contributed by atoms with Crippen molar-refractivity contribution >= 4 is 28.3 Å². The summed E-state index contributed by atoms with van der Waals surface area (Å²) in [5.74, 6) is -1.34. The number of hydrogen-bond donors (Lipinski definition) is 2. The van der Waals surface area contributed by atoms with Crippen molar-refractivity contribution < 1.29 is 19.4 Å². The summed E-state index contributed by atoms with van der Waals surface area (Å²) in [5.41, 5.74) is 2.73. The Hall–Kier alpha value is -3.34. The third kappa shape index (κ3) is 3.67. The smallest absolute Gasteiger partial charge is 0.342 e. The molecule has 0 spiro atoms. The first kappa shape index (κ1) is 17.5. The SMILES string of the molecule is Cc1ccc(NC(=O)COC(=O)c2ccc3ccccc3c2O)c(C)c1. The monoisotopic (exact) mass is 349 g/mol. The van der Waals surface area contributed by atoms with E-state index in [-0.39, 0.29) is 11.3 Å². The highest BCUT2D eigenvalue weighted by Gasteiger charge is 2.16. The fraction of sp³-hybridized carbons (Fsp3) is 0.143. The number of carbonyl (C=O) groups is 2. The number of fused-ring (bicyclic) bond motifs is 1. The van der Waals surface area contributed by atoms with Gasteiger partial charge in [0.2, 0.25) is 0 Å². The minimum atomic E-state index is -0.746. The van der Waals surface area contributed by atoms with Crippen LogP contribution in [0.25, 0.3) is 10.8 Å². The first-order chi connectivity index (χ1) is 12.5. The van der Waals surface area contributed by atoms with E-state index >= 15 is 0 Å². The van der Waals surface area contributed by atoms with Crippen LogP contribution < -0.4 is 5.32 Å². The number of amides is 1. The fourth-order valence-electron chi connectivity index (χ4n) is 2.77. The van der Waals surface area contributed by atoms with Crippen LogP contribution in [0.15, 0.2) is 54.6 Å². The lowest BCUT2D eigenvalue weighted by atomic mass is 10.1. The van der Waals surface area contributed by atoms with Crippen LogP contribution in [-0.2, 0) is 9.53 Å². The largest absolute Gasteiger partial charge is 0.506 e. The Morgan fingerprint density at radius 2 is 1.81 bits per heavy atom. The van der Waals surface area contributed by atoms with Gasteiger partial charge in [0.05, 0.1) is 0 Å². The maximum Gasteiger partial charge on any atom is 0.342 e. The molecule has 0 fully saturated rings. The van der Waals surface area contributed by atoms with E-state index in [0.717, 1.165) is 16.5 Å². The van der Waals surface area contributed by atoms with Crippen LogP contribution in [0.1, 0.15) is 21.5 Å². The predicted octanol–water partition coefficient (Wildman–Crippen LogP) is 3.96. The summed E-state index contributed by atoms with van der Waals surface area (Å²) in [4.78, 5) is 24.2. The van der Waals surface area contributed by atoms with Gasteiger partial charge in [0, 0.05) is 11.1 Å².